The molecule has 0 spiro atoms. The maximum atomic E-state index is 10.9. The highest BCUT2D eigenvalue weighted by Crippen LogP contribution is 2.28. The molecule has 0 heterocycles. The largest absolute Gasteiger partial charge is 0.468 e. The van der Waals surface area contributed by atoms with Crippen LogP contribution in [0, 0.1) is 5.92 Å². The van der Waals surface area contributed by atoms with Gasteiger partial charge in [-0.1, -0.05) is 15.9 Å². The zero-order chi connectivity index (χ0) is 8.97. The van der Waals surface area contributed by atoms with Gasteiger partial charge in [0, 0.05) is 6.61 Å². The monoisotopic (exact) mass is 236 g/mol. The van der Waals surface area contributed by atoms with Gasteiger partial charge in [-0.25, -0.2) is 0 Å². The first-order chi connectivity index (χ1) is 5.74. The summed E-state index contributed by atoms with van der Waals surface area (Å²) in [6.07, 6.45) is 2.54. The lowest BCUT2D eigenvalue weighted by molar-refractivity contribution is -0.140. The van der Waals surface area contributed by atoms with Gasteiger partial charge in [0.1, 0.15) is 4.83 Å². The van der Waals surface area contributed by atoms with Crippen molar-refractivity contribution in [2.45, 2.75) is 17.7 Å². The fourth-order valence-electron chi connectivity index (χ4n) is 0.819. The Hall–Kier alpha value is -0.0900. The summed E-state index contributed by atoms with van der Waals surface area (Å²) in [4.78, 5) is 10.5. The van der Waals surface area contributed by atoms with Crippen LogP contribution in [0.5, 0.6) is 0 Å². The lowest BCUT2D eigenvalue weighted by atomic mass is 10.4. The Morgan fingerprint density at radius 3 is 2.83 bits per heavy atom. The van der Waals surface area contributed by atoms with Crippen LogP contribution in [0.2, 0.25) is 0 Å². The summed E-state index contributed by atoms with van der Waals surface area (Å²) in [5, 5.41) is 0. The maximum Gasteiger partial charge on any atom is 0.321 e. The van der Waals surface area contributed by atoms with Crippen molar-refractivity contribution in [3.05, 3.63) is 0 Å². The molecular formula is C8H13BrO3. The molecule has 0 aromatic rings. The highest BCUT2D eigenvalue weighted by molar-refractivity contribution is 9.10. The zero-order valence-electron chi connectivity index (χ0n) is 7.09. The molecule has 1 aliphatic rings. The highest BCUT2D eigenvalue weighted by atomic mass is 79.9. The molecule has 4 heteroatoms. The van der Waals surface area contributed by atoms with Crippen LogP contribution in [0.4, 0.5) is 0 Å². The van der Waals surface area contributed by atoms with E-state index in [2.05, 4.69) is 20.7 Å². The van der Waals surface area contributed by atoms with E-state index in [1.807, 2.05) is 0 Å². The van der Waals surface area contributed by atoms with Gasteiger partial charge < -0.3 is 9.47 Å². The molecule has 1 saturated carbocycles. The fourth-order valence-corrected chi connectivity index (χ4v) is 1.19. The Morgan fingerprint density at radius 1 is 1.67 bits per heavy atom. The van der Waals surface area contributed by atoms with Crippen molar-refractivity contribution in [3.63, 3.8) is 0 Å². The molecule has 0 amide bonds. The minimum absolute atomic E-state index is 0.272. The van der Waals surface area contributed by atoms with Gasteiger partial charge in [-0.15, -0.1) is 0 Å². The highest BCUT2D eigenvalue weighted by Gasteiger charge is 2.22. The third-order valence-electron chi connectivity index (χ3n) is 1.77. The summed E-state index contributed by atoms with van der Waals surface area (Å²) in [5.74, 6) is 0.466. The Bertz CT molecular complexity index is 156. The number of hydrogen-bond donors (Lipinski definition) is 0. The molecule has 0 aromatic carbocycles. The molecule has 1 rings (SSSR count). The molecule has 0 saturated heterocycles. The van der Waals surface area contributed by atoms with Crippen molar-refractivity contribution in [1.29, 1.82) is 0 Å². The molecule has 0 bridgehead atoms. The predicted molar refractivity (Wildman–Crippen MR) is 48.3 cm³/mol. The van der Waals surface area contributed by atoms with Gasteiger partial charge in [-0.3, -0.25) is 4.79 Å². The molecule has 1 fully saturated rings. The summed E-state index contributed by atoms with van der Waals surface area (Å²) < 4.78 is 9.81. The second-order valence-corrected chi connectivity index (χ2v) is 4.08. The number of esters is 1. The molecule has 1 aliphatic carbocycles. The molecule has 0 N–H and O–H groups in total. The molecule has 0 aliphatic heterocycles. The number of alkyl halides is 1. The van der Waals surface area contributed by atoms with Crippen LogP contribution in [0.1, 0.15) is 12.8 Å². The van der Waals surface area contributed by atoms with Crippen LogP contribution in [0.15, 0.2) is 0 Å². The van der Waals surface area contributed by atoms with Crippen LogP contribution < -0.4 is 0 Å². The van der Waals surface area contributed by atoms with Crippen molar-refractivity contribution < 1.29 is 14.3 Å². The minimum atomic E-state index is -0.318. The van der Waals surface area contributed by atoms with E-state index in [1.54, 1.807) is 0 Å². The third-order valence-corrected chi connectivity index (χ3v) is 2.41. The molecule has 12 heavy (non-hydrogen) atoms. The number of hydrogen-bond acceptors (Lipinski definition) is 3. The number of methoxy groups -OCH3 is 1. The Labute approximate surface area is 80.5 Å². The molecule has 3 nitrogen and oxygen atoms in total. The number of carbonyl (C=O) groups excluding carboxylic acids is 1. The molecule has 1 atom stereocenters. The first-order valence-corrected chi connectivity index (χ1v) is 4.95. The van der Waals surface area contributed by atoms with Gasteiger partial charge in [0.25, 0.3) is 0 Å². The molecule has 70 valence electrons. The van der Waals surface area contributed by atoms with Crippen LogP contribution in [-0.2, 0) is 14.3 Å². The first kappa shape index (κ1) is 9.99. The van der Waals surface area contributed by atoms with Crippen molar-refractivity contribution in [1.82, 2.24) is 0 Å². The van der Waals surface area contributed by atoms with Crippen LogP contribution in [-0.4, -0.2) is 31.1 Å². The standard InChI is InChI=1S/C8H13BrO3/c1-11-8(10)7(9)5-12-4-6-2-3-6/h6-7H,2-5H2,1H3. The van der Waals surface area contributed by atoms with E-state index in [1.165, 1.54) is 20.0 Å². The van der Waals surface area contributed by atoms with Gasteiger partial charge >= 0.3 is 5.97 Å². The molecule has 0 aromatic heterocycles. The van der Waals surface area contributed by atoms with Crippen molar-refractivity contribution in [3.8, 4) is 0 Å². The van der Waals surface area contributed by atoms with Crippen molar-refractivity contribution in [2.75, 3.05) is 20.3 Å². The minimum Gasteiger partial charge on any atom is -0.468 e. The topological polar surface area (TPSA) is 35.5 Å². The van der Waals surface area contributed by atoms with E-state index < -0.39 is 0 Å². The normalized spacial score (nSPS) is 18.8. The Morgan fingerprint density at radius 2 is 2.33 bits per heavy atom. The second kappa shape index (κ2) is 4.82. The number of halogens is 1. The quantitative estimate of drug-likeness (QED) is 0.534. The van der Waals surface area contributed by atoms with Crippen LogP contribution >= 0.6 is 15.9 Å². The Kier molecular flexibility index (Phi) is 4.01. The smallest absolute Gasteiger partial charge is 0.321 e. The van der Waals surface area contributed by atoms with Gasteiger partial charge in [0.2, 0.25) is 0 Å². The van der Waals surface area contributed by atoms with Gasteiger partial charge in [0.15, 0.2) is 0 Å². The molecular weight excluding hydrogens is 224 g/mol. The van der Waals surface area contributed by atoms with Crippen LogP contribution in [0.3, 0.4) is 0 Å². The van der Waals surface area contributed by atoms with Gasteiger partial charge in [-0.05, 0) is 18.8 Å². The number of carbonyl (C=O) groups is 1. The molecule has 0 radical (unpaired) electrons. The lowest BCUT2D eigenvalue weighted by Crippen LogP contribution is -2.21. The zero-order valence-corrected chi connectivity index (χ0v) is 8.67. The summed E-state index contributed by atoms with van der Waals surface area (Å²) >= 11 is 3.17. The van der Waals surface area contributed by atoms with E-state index in [4.69, 9.17) is 4.74 Å². The van der Waals surface area contributed by atoms with Gasteiger partial charge in [0.05, 0.1) is 13.7 Å². The average molecular weight is 237 g/mol. The van der Waals surface area contributed by atoms with E-state index in [-0.39, 0.29) is 10.8 Å². The van der Waals surface area contributed by atoms with Crippen molar-refractivity contribution in [2.24, 2.45) is 5.92 Å². The van der Waals surface area contributed by atoms with Crippen molar-refractivity contribution >= 4 is 21.9 Å². The summed E-state index contributed by atoms with van der Waals surface area (Å²) in [7, 11) is 1.37. The second-order valence-electron chi connectivity index (χ2n) is 2.97. The van der Waals surface area contributed by atoms with E-state index in [0.29, 0.717) is 6.61 Å². The number of ether oxygens (including phenoxy) is 2. The van der Waals surface area contributed by atoms with E-state index in [9.17, 15) is 4.79 Å². The summed E-state index contributed by atoms with van der Waals surface area (Å²) in [5.41, 5.74) is 0. The lowest BCUT2D eigenvalue weighted by Gasteiger charge is -2.07. The summed E-state index contributed by atoms with van der Waals surface area (Å²) in [6.45, 7) is 1.18. The predicted octanol–water partition coefficient (Wildman–Crippen LogP) is 1.35. The first-order valence-electron chi connectivity index (χ1n) is 4.03. The Balaban J connectivity index is 2.00. The maximum absolute atomic E-state index is 10.9. The van der Waals surface area contributed by atoms with Gasteiger partial charge in [-0.2, -0.15) is 0 Å². The van der Waals surface area contributed by atoms with E-state index in [0.717, 1.165) is 12.5 Å². The third kappa shape index (κ3) is 3.54. The SMILES string of the molecule is COC(=O)C(Br)COCC1CC1. The summed E-state index contributed by atoms with van der Waals surface area (Å²) in [6, 6.07) is 0. The van der Waals surface area contributed by atoms with E-state index >= 15 is 0 Å². The van der Waals surface area contributed by atoms with Crippen LogP contribution in [0.25, 0.3) is 0 Å². The fraction of sp³-hybridized carbons (Fsp3) is 0.875. The average Bonchev–Trinajstić information content (AvgIpc) is 2.86. The number of rotatable bonds is 5. The molecule has 1 unspecified atom stereocenters.